The Morgan fingerprint density at radius 3 is 2.53 bits per heavy atom. The zero-order chi connectivity index (χ0) is 21.7. The van der Waals surface area contributed by atoms with Crippen molar-refractivity contribution in [2.45, 2.75) is 66.2 Å². The van der Waals surface area contributed by atoms with Gasteiger partial charge < -0.3 is 20.4 Å². The van der Waals surface area contributed by atoms with Crippen LogP contribution in [0.25, 0.3) is 11.0 Å². The maximum atomic E-state index is 11.1. The van der Waals surface area contributed by atoms with Crippen LogP contribution in [-0.4, -0.2) is 31.8 Å². The molecule has 0 saturated carbocycles. The van der Waals surface area contributed by atoms with Gasteiger partial charge in [-0.25, -0.2) is 4.98 Å². The minimum absolute atomic E-state index is 0.0402. The molecule has 2 aromatic heterocycles. The van der Waals surface area contributed by atoms with Gasteiger partial charge in [-0.05, 0) is 31.4 Å². The lowest BCUT2D eigenvalue weighted by atomic mass is 10.1. The van der Waals surface area contributed by atoms with Crippen LogP contribution in [0, 0.1) is 0 Å². The number of rotatable bonds is 9. The first-order chi connectivity index (χ1) is 14.4. The Bertz CT molecular complexity index is 1010. The Morgan fingerprint density at radius 2 is 1.90 bits per heavy atom. The molecule has 160 valence electrons. The van der Waals surface area contributed by atoms with Crippen molar-refractivity contribution >= 4 is 22.8 Å². The van der Waals surface area contributed by atoms with E-state index < -0.39 is 0 Å². The number of carbonyl (C=O) groups is 1. The number of nitrogens with two attached hydrogens (primary N) is 1. The van der Waals surface area contributed by atoms with Crippen molar-refractivity contribution in [3.8, 4) is 5.88 Å². The molecule has 0 aliphatic carbocycles. The number of aromatic nitrogens is 4. The summed E-state index contributed by atoms with van der Waals surface area (Å²) in [7, 11) is 0. The molecule has 0 saturated heterocycles. The molecule has 1 aromatic carbocycles. The predicted octanol–water partition coefficient (Wildman–Crippen LogP) is 3.22. The summed E-state index contributed by atoms with van der Waals surface area (Å²) in [5, 5.41) is 11.1. The normalized spacial score (nSPS) is 11.2. The van der Waals surface area contributed by atoms with Gasteiger partial charge >= 0.3 is 0 Å². The Hall–Kier alpha value is -3.16. The van der Waals surface area contributed by atoms with Gasteiger partial charge in [-0.3, -0.25) is 4.79 Å². The zero-order valence-corrected chi connectivity index (χ0v) is 18.1. The summed E-state index contributed by atoms with van der Waals surface area (Å²) in [6.07, 6.45) is 2.90. The van der Waals surface area contributed by atoms with Gasteiger partial charge in [0.2, 0.25) is 5.91 Å². The van der Waals surface area contributed by atoms with E-state index in [2.05, 4.69) is 39.1 Å². The van der Waals surface area contributed by atoms with Gasteiger partial charge in [0.05, 0.1) is 6.10 Å². The topological polar surface area (TPSA) is 108 Å². The van der Waals surface area contributed by atoms with Gasteiger partial charge in [-0.1, -0.05) is 37.6 Å². The molecular formula is C22H30N6O2. The van der Waals surface area contributed by atoms with Crippen LogP contribution in [0.5, 0.6) is 5.88 Å². The fourth-order valence-corrected chi connectivity index (χ4v) is 3.26. The summed E-state index contributed by atoms with van der Waals surface area (Å²) >= 11 is 0. The molecule has 3 N–H and O–H groups in total. The minimum Gasteiger partial charge on any atom is -0.472 e. The van der Waals surface area contributed by atoms with E-state index in [9.17, 15) is 4.79 Å². The largest absolute Gasteiger partial charge is 0.472 e. The van der Waals surface area contributed by atoms with Gasteiger partial charge in [0.1, 0.15) is 16.9 Å². The predicted molar refractivity (Wildman–Crippen MR) is 117 cm³/mol. The van der Waals surface area contributed by atoms with Gasteiger partial charge in [0.15, 0.2) is 5.82 Å². The first kappa shape index (κ1) is 21.5. The molecular weight excluding hydrogens is 380 g/mol. The lowest BCUT2D eigenvalue weighted by Gasteiger charge is -2.14. The minimum atomic E-state index is -0.0408. The molecule has 0 aliphatic heterocycles. The molecule has 0 aliphatic rings. The number of anilines is 1. The summed E-state index contributed by atoms with van der Waals surface area (Å²) in [6.45, 7) is 8.72. The fraction of sp³-hybridized carbons (Fsp3) is 0.455. The standard InChI is InChI=1S/C22H30N6O2/c1-5-6-7-18-25-19-20(22(30-14(2)3)27-26-21(19)23)28(18)13-17-10-8-16(9-11-17)12-24-15(4)29/h8-11,14H,5-7,12-13H2,1-4H3,(H2,23,26)(H,24,29). The van der Waals surface area contributed by atoms with Crippen molar-refractivity contribution in [1.29, 1.82) is 0 Å². The van der Waals surface area contributed by atoms with Crippen molar-refractivity contribution < 1.29 is 9.53 Å². The van der Waals surface area contributed by atoms with Crippen LogP contribution in [-0.2, 0) is 24.3 Å². The van der Waals surface area contributed by atoms with Crippen molar-refractivity contribution in [2.75, 3.05) is 5.73 Å². The maximum Gasteiger partial charge on any atom is 0.260 e. The molecule has 0 fully saturated rings. The summed E-state index contributed by atoms with van der Waals surface area (Å²) < 4.78 is 8.06. The maximum absolute atomic E-state index is 11.1. The van der Waals surface area contributed by atoms with Crippen LogP contribution in [0.3, 0.4) is 0 Å². The molecule has 1 amide bonds. The average Bonchev–Trinajstić information content (AvgIpc) is 3.07. The smallest absolute Gasteiger partial charge is 0.260 e. The molecule has 0 atom stereocenters. The fourth-order valence-electron chi connectivity index (χ4n) is 3.26. The van der Waals surface area contributed by atoms with E-state index in [1.54, 1.807) is 0 Å². The molecule has 0 bridgehead atoms. The number of nitrogens with one attached hydrogen (secondary N) is 1. The van der Waals surface area contributed by atoms with E-state index in [4.69, 9.17) is 15.5 Å². The van der Waals surface area contributed by atoms with Gasteiger partial charge in [0.25, 0.3) is 5.88 Å². The number of unbranched alkanes of at least 4 members (excludes halogenated alkanes) is 1. The van der Waals surface area contributed by atoms with Crippen LogP contribution >= 0.6 is 0 Å². The van der Waals surface area contributed by atoms with E-state index in [1.807, 2.05) is 26.0 Å². The summed E-state index contributed by atoms with van der Waals surface area (Å²) in [4.78, 5) is 15.9. The van der Waals surface area contributed by atoms with E-state index in [1.165, 1.54) is 6.92 Å². The van der Waals surface area contributed by atoms with Crippen LogP contribution in [0.4, 0.5) is 5.82 Å². The van der Waals surface area contributed by atoms with Crippen molar-refractivity contribution in [3.63, 3.8) is 0 Å². The second-order valence-corrected chi connectivity index (χ2v) is 7.70. The Balaban J connectivity index is 1.99. The highest BCUT2D eigenvalue weighted by Gasteiger charge is 2.20. The second-order valence-electron chi connectivity index (χ2n) is 7.70. The number of carbonyl (C=O) groups excluding carboxylic acids is 1. The first-order valence-corrected chi connectivity index (χ1v) is 10.4. The van der Waals surface area contributed by atoms with Crippen molar-refractivity contribution in [3.05, 3.63) is 41.2 Å². The number of ether oxygens (including phenoxy) is 1. The molecule has 30 heavy (non-hydrogen) atoms. The number of aryl methyl sites for hydroxylation is 1. The Labute approximate surface area is 176 Å². The van der Waals surface area contributed by atoms with E-state index in [0.29, 0.717) is 30.3 Å². The highest BCUT2D eigenvalue weighted by atomic mass is 16.5. The van der Waals surface area contributed by atoms with E-state index in [-0.39, 0.29) is 12.0 Å². The third-order valence-corrected chi connectivity index (χ3v) is 4.75. The summed E-state index contributed by atoms with van der Waals surface area (Å²) in [6, 6.07) is 8.17. The molecule has 8 heteroatoms. The number of fused-ring (bicyclic) bond motifs is 1. The van der Waals surface area contributed by atoms with E-state index in [0.717, 1.165) is 41.7 Å². The van der Waals surface area contributed by atoms with Gasteiger partial charge in [0, 0.05) is 26.4 Å². The molecule has 3 rings (SSSR count). The summed E-state index contributed by atoms with van der Waals surface area (Å²) in [5.74, 6) is 1.67. The highest BCUT2D eigenvalue weighted by molar-refractivity contribution is 5.88. The van der Waals surface area contributed by atoms with Crippen LogP contribution in [0.2, 0.25) is 0 Å². The lowest BCUT2D eigenvalue weighted by molar-refractivity contribution is -0.119. The molecule has 3 aromatic rings. The van der Waals surface area contributed by atoms with Crippen LogP contribution < -0.4 is 15.8 Å². The molecule has 0 unspecified atom stereocenters. The Kier molecular flexibility index (Phi) is 6.87. The number of hydrogen-bond acceptors (Lipinski definition) is 6. The third-order valence-electron chi connectivity index (χ3n) is 4.75. The monoisotopic (exact) mass is 410 g/mol. The highest BCUT2D eigenvalue weighted by Crippen LogP contribution is 2.29. The number of nitrogens with zero attached hydrogens (tertiary/aromatic N) is 4. The van der Waals surface area contributed by atoms with E-state index >= 15 is 0 Å². The number of nitrogen functional groups attached to an aromatic ring is 1. The quantitative estimate of drug-likeness (QED) is 0.561. The number of hydrogen-bond donors (Lipinski definition) is 2. The Morgan fingerprint density at radius 1 is 1.20 bits per heavy atom. The zero-order valence-electron chi connectivity index (χ0n) is 18.1. The van der Waals surface area contributed by atoms with Gasteiger partial charge in [-0.15, -0.1) is 10.2 Å². The molecule has 8 nitrogen and oxygen atoms in total. The number of benzene rings is 1. The van der Waals surface area contributed by atoms with Crippen molar-refractivity contribution in [1.82, 2.24) is 25.1 Å². The second kappa shape index (κ2) is 9.56. The summed E-state index contributed by atoms with van der Waals surface area (Å²) in [5.41, 5.74) is 9.68. The number of imidazole rings is 1. The van der Waals surface area contributed by atoms with Crippen molar-refractivity contribution in [2.24, 2.45) is 0 Å². The molecule has 0 radical (unpaired) electrons. The molecule has 2 heterocycles. The third kappa shape index (κ3) is 5.06. The number of amides is 1. The molecule has 0 spiro atoms. The average molecular weight is 411 g/mol. The van der Waals surface area contributed by atoms with Crippen LogP contribution in [0.15, 0.2) is 24.3 Å². The van der Waals surface area contributed by atoms with Gasteiger partial charge in [-0.2, -0.15) is 0 Å². The lowest BCUT2D eigenvalue weighted by Crippen LogP contribution is -2.18. The first-order valence-electron chi connectivity index (χ1n) is 10.4. The SMILES string of the molecule is CCCCc1nc2c(N)nnc(OC(C)C)c2n1Cc1ccc(CNC(C)=O)cc1. The van der Waals surface area contributed by atoms with Crippen LogP contribution in [0.1, 0.15) is 57.5 Å².